The first-order chi connectivity index (χ1) is 9.13. The third kappa shape index (κ3) is 3.28. The first kappa shape index (κ1) is 14.4. The summed E-state index contributed by atoms with van der Waals surface area (Å²) in [5.41, 5.74) is 0.964. The first-order valence-corrected chi connectivity index (χ1v) is 7.21. The molecule has 0 aromatic heterocycles. The van der Waals surface area contributed by atoms with E-state index in [1.54, 1.807) is 7.11 Å². The van der Waals surface area contributed by atoms with Gasteiger partial charge in [0.1, 0.15) is 5.75 Å². The Labute approximate surface area is 116 Å². The van der Waals surface area contributed by atoms with Crippen LogP contribution in [0.15, 0.2) is 24.3 Å². The predicted molar refractivity (Wildman–Crippen MR) is 77.4 cm³/mol. The molecule has 0 amide bonds. The SMILES string of the molecule is COc1ccc(C(O)C(C)N2CCCCC2C)cc1. The van der Waals surface area contributed by atoms with Crippen molar-refractivity contribution in [3.8, 4) is 5.75 Å². The Bertz CT molecular complexity index is 390. The van der Waals surface area contributed by atoms with Crippen LogP contribution in [0, 0.1) is 0 Å². The minimum absolute atomic E-state index is 0.156. The van der Waals surface area contributed by atoms with E-state index in [1.807, 2.05) is 24.3 Å². The first-order valence-electron chi connectivity index (χ1n) is 7.21. The number of hydrogen-bond acceptors (Lipinski definition) is 3. The molecule has 3 atom stereocenters. The third-order valence-corrected chi connectivity index (χ3v) is 4.29. The molecular formula is C16H25NO2. The Morgan fingerprint density at radius 1 is 1.26 bits per heavy atom. The highest BCUT2D eigenvalue weighted by atomic mass is 16.5. The van der Waals surface area contributed by atoms with Gasteiger partial charge in [0.05, 0.1) is 13.2 Å². The van der Waals surface area contributed by atoms with Crippen LogP contribution < -0.4 is 4.74 Å². The van der Waals surface area contributed by atoms with Gasteiger partial charge in [0.2, 0.25) is 0 Å². The second-order valence-corrected chi connectivity index (χ2v) is 5.54. The second kappa shape index (κ2) is 6.40. The Balaban J connectivity index is 2.06. The molecule has 3 heteroatoms. The molecule has 1 aliphatic rings. The van der Waals surface area contributed by atoms with Gasteiger partial charge in [0.25, 0.3) is 0 Å². The van der Waals surface area contributed by atoms with Gasteiger partial charge in [-0.1, -0.05) is 18.6 Å². The molecule has 1 fully saturated rings. The third-order valence-electron chi connectivity index (χ3n) is 4.29. The standard InChI is InChI=1S/C16H25NO2/c1-12-6-4-5-11-17(12)13(2)16(18)14-7-9-15(19-3)10-8-14/h7-10,12-13,16,18H,4-6,11H2,1-3H3. The highest BCUT2D eigenvalue weighted by Crippen LogP contribution is 2.27. The van der Waals surface area contributed by atoms with Gasteiger partial charge in [0.15, 0.2) is 0 Å². The fourth-order valence-corrected chi connectivity index (χ4v) is 2.99. The van der Waals surface area contributed by atoms with Crippen LogP contribution in [0.3, 0.4) is 0 Å². The van der Waals surface area contributed by atoms with Crippen LogP contribution in [0.4, 0.5) is 0 Å². The van der Waals surface area contributed by atoms with Crippen LogP contribution in [0.2, 0.25) is 0 Å². The number of aliphatic hydroxyl groups excluding tert-OH is 1. The number of likely N-dealkylation sites (tertiary alicyclic amines) is 1. The lowest BCUT2D eigenvalue weighted by Crippen LogP contribution is -2.46. The van der Waals surface area contributed by atoms with Crippen LogP contribution >= 0.6 is 0 Å². The molecule has 1 aromatic carbocycles. The van der Waals surface area contributed by atoms with E-state index in [-0.39, 0.29) is 6.04 Å². The highest BCUT2D eigenvalue weighted by molar-refractivity contribution is 5.29. The van der Waals surface area contributed by atoms with Gasteiger partial charge >= 0.3 is 0 Å². The molecule has 1 heterocycles. The lowest BCUT2D eigenvalue weighted by molar-refractivity contribution is 0.0207. The van der Waals surface area contributed by atoms with Crippen molar-refractivity contribution in [3.05, 3.63) is 29.8 Å². The second-order valence-electron chi connectivity index (χ2n) is 5.54. The lowest BCUT2D eigenvalue weighted by Gasteiger charge is -2.40. The maximum Gasteiger partial charge on any atom is 0.118 e. The van der Waals surface area contributed by atoms with Crippen molar-refractivity contribution in [2.24, 2.45) is 0 Å². The lowest BCUT2D eigenvalue weighted by atomic mass is 9.96. The minimum atomic E-state index is -0.438. The normalized spacial score (nSPS) is 23.9. The van der Waals surface area contributed by atoms with Gasteiger partial charge in [-0.15, -0.1) is 0 Å². The average Bonchev–Trinajstić information content (AvgIpc) is 2.46. The monoisotopic (exact) mass is 263 g/mol. The van der Waals surface area contributed by atoms with Crippen LogP contribution in [-0.2, 0) is 0 Å². The van der Waals surface area contributed by atoms with Gasteiger partial charge in [-0.2, -0.15) is 0 Å². The van der Waals surface area contributed by atoms with Crippen LogP contribution in [0.1, 0.15) is 44.8 Å². The maximum absolute atomic E-state index is 10.5. The Morgan fingerprint density at radius 3 is 2.53 bits per heavy atom. The molecule has 1 N–H and O–H groups in total. The molecule has 0 radical (unpaired) electrons. The van der Waals surface area contributed by atoms with Crippen molar-refractivity contribution in [3.63, 3.8) is 0 Å². The largest absolute Gasteiger partial charge is 0.497 e. The zero-order valence-corrected chi connectivity index (χ0v) is 12.2. The molecule has 2 rings (SSSR count). The zero-order chi connectivity index (χ0) is 13.8. The Hall–Kier alpha value is -1.06. The van der Waals surface area contributed by atoms with Crippen molar-refractivity contribution in [1.82, 2.24) is 4.90 Å². The van der Waals surface area contributed by atoms with Crippen LogP contribution in [0.25, 0.3) is 0 Å². The topological polar surface area (TPSA) is 32.7 Å². The summed E-state index contributed by atoms with van der Waals surface area (Å²) in [6, 6.07) is 8.44. The summed E-state index contributed by atoms with van der Waals surface area (Å²) in [5.74, 6) is 0.829. The maximum atomic E-state index is 10.5. The molecule has 0 saturated carbocycles. The number of hydrogen-bond donors (Lipinski definition) is 1. The number of methoxy groups -OCH3 is 1. The predicted octanol–water partition coefficient (Wildman–Crippen LogP) is 2.99. The zero-order valence-electron chi connectivity index (χ0n) is 12.2. The number of piperidine rings is 1. The summed E-state index contributed by atoms with van der Waals surface area (Å²) in [5, 5.41) is 10.5. The molecule has 0 bridgehead atoms. The molecule has 0 spiro atoms. The summed E-state index contributed by atoms with van der Waals surface area (Å²) < 4.78 is 5.15. The van der Waals surface area contributed by atoms with Crippen molar-refractivity contribution < 1.29 is 9.84 Å². The molecular weight excluding hydrogens is 238 g/mol. The van der Waals surface area contributed by atoms with Gasteiger partial charge in [-0.05, 0) is 50.9 Å². The molecule has 3 nitrogen and oxygen atoms in total. The van der Waals surface area contributed by atoms with Gasteiger partial charge < -0.3 is 9.84 Å². The van der Waals surface area contributed by atoms with E-state index in [2.05, 4.69) is 18.7 Å². The van der Waals surface area contributed by atoms with E-state index in [0.717, 1.165) is 17.9 Å². The van der Waals surface area contributed by atoms with E-state index >= 15 is 0 Å². The van der Waals surface area contributed by atoms with E-state index in [1.165, 1.54) is 19.3 Å². The van der Waals surface area contributed by atoms with E-state index in [0.29, 0.717) is 6.04 Å². The minimum Gasteiger partial charge on any atom is -0.497 e. The van der Waals surface area contributed by atoms with E-state index < -0.39 is 6.10 Å². The van der Waals surface area contributed by atoms with Crippen molar-refractivity contribution in [2.75, 3.05) is 13.7 Å². The number of nitrogens with zero attached hydrogens (tertiary/aromatic N) is 1. The summed E-state index contributed by atoms with van der Waals surface area (Å²) in [6.45, 7) is 5.47. The molecule has 0 aliphatic carbocycles. The Morgan fingerprint density at radius 2 is 1.95 bits per heavy atom. The smallest absolute Gasteiger partial charge is 0.118 e. The molecule has 1 saturated heterocycles. The summed E-state index contributed by atoms with van der Waals surface area (Å²) in [6.07, 6.45) is 3.35. The fraction of sp³-hybridized carbons (Fsp3) is 0.625. The summed E-state index contributed by atoms with van der Waals surface area (Å²) >= 11 is 0. The number of ether oxygens (including phenoxy) is 1. The van der Waals surface area contributed by atoms with Gasteiger partial charge in [-0.3, -0.25) is 4.90 Å². The Kier molecular flexibility index (Phi) is 4.83. The van der Waals surface area contributed by atoms with Crippen molar-refractivity contribution in [1.29, 1.82) is 0 Å². The number of rotatable bonds is 4. The van der Waals surface area contributed by atoms with Crippen molar-refractivity contribution >= 4 is 0 Å². The van der Waals surface area contributed by atoms with Crippen LogP contribution in [-0.4, -0.2) is 35.7 Å². The van der Waals surface area contributed by atoms with E-state index in [4.69, 9.17) is 4.74 Å². The molecule has 3 unspecified atom stereocenters. The van der Waals surface area contributed by atoms with Gasteiger partial charge in [-0.25, -0.2) is 0 Å². The van der Waals surface area contributed by atoms with E-state index in [9.17, 15) is 5.11 Å². The molecule has 1 aliphatic heterocycles. The highest BCUT2D eigenvalue weighted by Gasteiger charge is 2.28. The van der Waals surface area contributed by atoms with Gasteiger partial charge in [0, 0.05) is 12.1 Å². The number of aliphatic hydroxyl groups is 1. The molecule has 19 heavy (non-hydrogen) atoms. The fourth-order valence-electron chi connectivity index (χ4n) is 2.99. The van der Waals surface area contributed by atoms with Crippen molar-refractivity contribution in [2.45, 2.75) is 51.3 Å². The summed E-state index contributed by atoms with van der Waals surface area (Å²) in [4.78, 5) is 2.43. The van der Waals surface area contributed by atoms with Crippen LogP contribution in [0.5, 0.6) is 5.75 Å². The average molecular weight is 263 g/mol. The molecule has 106 valence electrons. The molecule has 1 aromatic rings. The summed E-state index contributed by atoms with van der Waals surface area (Å²) in [7, 11) is 1.66. The quantitative estimate of drug-likeness (QED) is 0.906. The number of benzene rings is 1.